The molecule has 5 nitrogen and oxygen atoms in total. The lowest BCUT2D eigenvalue weighted by Gasteiger charge is -2.41. The van der Waals surface area contributed by atoms with Gasteiger partial charge >= 0.3 is 0 Å². The molecule has 0 radical (unpaired) electrons. The molecule has 1 saturated carbocycles. The van der Waals surface area contributed by atoms with Crippen LogP contribution in [0.1, 0.15) is 44.6 Å². The summed E-state index contributed by atoms with van der Waals surface area (Å²) in [5.41, 5.74) is 1.57. The molecule has 0 bridgehead atoms. The van der Waals surface area contributed by atoms with Gasteiger partial charge < -0.3 is 20.1 Å². The maximum atomic E-state index is 5.88. The first kappa shape index (κ1) is 16.9. The minimum Gasteiger partial charge on any atom is -0.490 e. The van der Waals surface area contributed by atoms with Gasteiger partial charge in [-0.2, -0.15) is 0 Å². The molecule has 3 rings (SSSR count). The number of nitrogens with zero attached hydrogens (tertiary/aromatic N) is 1. The van der Waals surface area contributed by atoms with E-state index in [-0.39, 0.29) is 0 Å². The van der Waals surface area contributed by atoms with Crippen molar-refractivity contribution in [1.29, 1.82) is 0 Å². The molecule has 132 valence electrons. The third kappa shape index (κ3) is 3.77. The van der Waals surface area contributed by atoms with E-state index in [4.69, 9.17) is 9.47 Å². The zero-order valence-electron chi connectivity index (χ0n) is 14.9. The number of hydrogen-bond donors (Lipinski definition) is 2. The van der Waals surface area contributed by atoms with Gasteiger partial charge in [0.25, 0.3) is 0 Å². The molecule has 1 aliphatic heterocycles. The standard InChI is InChI=1S/C19H29N3O2/c1-3-19(9-5-10-19)14-22-18(20-2)21-13-15-7-4-8-16-17(15)24-12-6-11-23-16/h4,7-8H,3,5-6,9-14H2,1-2H3,(H2,20,21,22). The van der Waals surface area contributed by atoms with Gasteiger partial charge in [0.05, 0.1) is 13.2 Å². The average molecular weight is 331 g/mol. The molecule has 0 saturated heterocycles. The molecule has 5 heteroatoms. The van der Waals surface area contributed by atoms with E-state index < -0.39 is 0 Å². The summed E-state index contributed by atoms with van der Waals surface area (Å²) in [6.07, 6.45) is 6.16. The maximum Gasteiger partial charge on any atom is 0.191 e. The summed E-state index contributed by atoms with van der Waals surface area (Å²) in [7, 11) is 1.82. The highest BCUT2D eigenvalue weighted by Crippen LogP contribution is 2.43. The smallest absolute Gasteiger partial charge is 0.191 e. The quantitative estimate of drug-likeness (QED) is 0.643. The number of benzene rings is 1. The van der Waals surface area contributed by atoms with Gasteiger partial charge in [-0.1, -0.05) is 25.5 Å². The Morgan fingerprint density at radius 2 is 2.00 bits per heavy atom. The molecular formula is C19H29N3O2. The molecule has 1 aromatic rings. The first-order valence-corrected chi connectivity index (χ1v) is 9.08. The van der Waals surface area contributed by atoms with E-state index in [9.17, 15) is 0 Å². The lowest BCUT2D eigenvalue weighted by atomic mass is 9.67. The van der Waals surface area contributed by atoms with E-state index in [1.807, 2.05) is 19.2 Å². The van der Waals surface area contributed by atoms with Gasteiger partial charge in [0, 0.05) is 32.1 Å². The summed E-state index contributed by atoms with van der Waals surface area (Å²) in [5, 5.41) is 6.90. The summed E-state index contributed by atoms with van der Waals surface area (Å²) >= 11 is 0. The molecule has 0 aromatic heterocycles. The summed E-state index contributed by atoms with van der Waals surface area (Å²) in [6, 6.07) is 6.06. The van der Waals surface area contributed by atoms with Gasteiger partial charge in [0.1, 0.15) is 0 Å². The molecular weight excluding hydrogens is 302 g/mol. The van der Waals surface area contributed by atoms with E-state index >= 15 is 0 Å². The minimum absolute atomic E-state index is 0.471. The number of rotatable bonds is 5. The van der Waals surface area contributed by atoms with Crippen molar-refractivity contribution in [3.63, 3.8) is 0 Å². The predicted molar refractivity (Wildman–Crippen MR) is 96.8 cm³/mol. The Morgan fingerprint density at radius 3 is 2.71 bits per heavy atom. The van der Waals surface area contributed by atoms with Crippen LogP contribution >= 0.6 is 0 Å². The highest BCUT2D eigenvalue weighted by molar-refractivity contribution is 5.79. The Kier molecular flexibility index (Phi) is 5.48. The highest BCUT2D eigenvalue weighted by Gasteiger charge is 2.34. The summed E-state index contributed by atoms with van der Waals surface area (Å²) in [6.45, 7) is 5.37. The van der Waals surface area contributed by atoms with Crippen LogP contribution in [0.2, 0.25) is 0 Å². The van der Waals surface area contributed by atoms with Gasteiger partial charge in [0.2, 0.25) is 0 Å². The Labute approximate surface area is 144 Å². The number of hydrogen-bond acceptors (Lipinski definition) is 3. The molecule has 1 aliphatic carbocycles. The van der Waals surface area contributed by atoms with Crippen LogP contribution in [0.15, 0.2) is 23.2 Å². The maximum absolute atomic E-state index is 5.88. The fourth-order valence-corrected chi connectivity index (χ4v) is 3.40. The van der Waals surface area contributed by atoms with Gasteiger partial charge in [-0.25, -0.2) is 0 Å². The van der Waals surface area contributed by atoms with E-state index in [0.717, 1.165) is 36.0 Å². The first-order chi connectivity index (χ1) is 11.8. The van der Waals surface area contributed by atoms with E-state index in [1.54, 1.807) is 0 Å². The van der Waals surface area contributed by atoms with E-state index in [1.165, 1.54) is 25.7 Å². The van der Waals surface area contributed by atoms with E-state index in [2.05, 4.69) is 28.6 Å². The second-order valence-corrected chi connectivity index (χ2v) is 6.78. The SMILES string of the molecule is CCC1(CNC(=NC)NCc2cccc3c2OCCCO3)CCC1. The lowest BCUT2D eigenvalue weighted by Crippen LogP contribution is -2.46. The normalized spacial score (nSPS) is 19.2. The van der Waals surface area contributed by atoms with Crippen LogP contribution in [0.4, 0.5) is 0 Å². The van der Waals surface area contributed by atoms with E-state index in [0.29, 0.717) is 25.2 Å². The zero-order chi connectivity index (χ0) is 16.8. The van der Waals surface area contributed by atoms with Crippen molar-refractivity contribution in [2.45, 2.75) is 45.6 Å². The van der Waals surface area contributed by atoms with Crippen LogP contribution in [-0.2, 0) is 6.54 Å². The topological polar surface area (TPSA) is 54.9 Å². The van der Waals surface area contributed by atoms with Gasteiger partial charge in [-0.05, 0) is 30.7 Å². The number of aliphatic imine (C=N–C) groups is 1. The highest BCUT2D eigenvalue weighted by atomic mass is 16.5. The fourth-order valence-electron chi connectivity index (χ4n) is 3.40. The second-order valence-electron chi connectivity index (χ2n) is 6.78. The molecule has 0 amide bonds. The first-order valence-electron chi connectivity index (χ1n) is 9.08. The molecule has 1 heterocycles. The van der Waals surface area contributed by atoms with Crippen molar-refractivity contribution in [1.82, 2.24) is 10.6 Å². The Hall–Kier alpha value is -1.91. The minimum atomic E-state index is 0.471. The fraction of sp³-hybridized carbons (Fsp3) is 0.632. The van der Waals surface area contributed by atoms with Crippen molar-refractivity contribution >= 4 is 5.96 Å². The van der Waals surface area contributed by atoms with Crippen LogP contribution in [0.5, 0.6) is 11.5 Å². The van der Waals surface area contributed by atoms with Crippen LogP contribution in [-0.4, -0.2) is 32.8 Å². The molecule has 2 N–H and O–H groups in total. The van der Waals surface area contributed by atoms with Crippen LogP contribution in [0.3, 0.4) is 0 Å². The van der Waals surface area contributed by atoms with Crippen LogP contribution in [0, 0.1) is 5.41 Å². The zero-order valence-corrected chi connectivity index (χ0v) is 14.9. The third-order valence-corrected chi connectivity index (χ3v) is 5.32. The van der Waals surface area contributed by atoms with Crippen LogP contribution in [0.25, 0.3) is 0 Å². The van der Waals surface area contributed by atoms with Crippen molar-refractivity contribution in [3.8, 4) is 11.5 Å². The Morgan fingerprint density at radius 1 is 1.17 bits per heavy atom. The summed E-state index contributed by atoms with van der Waals surface area (Å²) < 4.78 is 11.6. The molecule has 0 atom stereocenters. The number of fused-ring (bicyclic) bond motifs is 1. The lowest BCUT2D eigenvalue weighted by molar-refractivity contribution is 0.131. The summed E-state index contributed by atoms with van der Waals surface area (Å²) in [4.78, 5) is 4.35. The van der Waals surface area contributed by atoms with Gasteiger partial charge in [-0.3, -0.25) is 4.99 Å². The Balaban J connectivity index is 1.58. The van der Waals surface area contributed by atoms with Crippen LogP contribution < -0.4 is 20.1 Å². The molecule has 24 heavy (non-hydrogen) atoms. The molecule has 0 unspecified atom stereocenters. The number of ether oxygens (including phenoxy) is 2. The molecule has 1 fully saturated rings. The number of para-hydroxylation sites is 1. The van der Waals surface area contributed by atoms with Crippen molar-refractivity contribution < 1.29 is 9.47 Å². The number of guanidine groups is 1. The van der Waals surface area contributed by atoms with Crippen molar-refractivity contribution in [3.05, 3.63) is 23.8 Å². The number of nitrogens with one attached hydrogen (secondary N) is 2. The average Bonchev–Trinajstić information content (AvgIpc) is 2.82. The Bertz CT molecular complexity index is 576. The summed E-state index contributed by atoms with van der Waals surface area (Å²) in [5.74, 6) is 2.55. The predicted octanol–water partition coefficient (Wildman–Crippen LogP) is 3.09. The second kappa shape index (κ2) is 7.77. The third-order valence-electron chi connectivity index (χ3n) is 5.32. The van der Waals surface area contributed by atoms with Gasteiger partial charge in [0.15, 0.2) is 17.5 Å². The van der Waals surface area contributed by atoms with Crippen molar-refractivity contribution in [2.75, 3.05) is 26.8 Å². The largest absolute Gasteiger partial charge is 0.490 e. The monoisotopic (exact) mass is 331 g/mol. The van der Waals surface area contributed by atoms with Crippen molar-refractivity contribution in [2.24, 2.45) is 10.4 Å². The van der Waals surface area contributed by atoms with Gasteiger partial charge in [-0.15, -0.1) is 0 Å². The molecule has 0 spiro atoms. The molecule has 1 aromatic carbocycles. The molecule has 2 aliphatic rings.